The zero-order chi connectivity index (χ0) is 20.6. The average molecular weight is 423 g/mol. The molecule has 2 aliphatic heterocycles. The van der Waals surface area contributed by atoms with E-state index in [1.807, 2.05) is 17.0 Å². The molecule has 3 heterocycles. The number of ether oxygens (including phenoxy) is 1. The van der Waals surface area contributed by atoms with Crippen molar-refractivity contribution in [3.05, 3.63) is 23.4 Å². The smallest absolute Gasteiger partial charge is 0.225 e. The van der Waals surface area contributed by atoms with E-state index < -0.39 is 0 Å². The molecule has 2 amide bonds. The first-order valence-corrected chi connectivity index (χ1v) is 10.9. The lowest BCUT2D eigenvalue weighted by molar-refractivity contribution is -0.139. The standard InChI is InChI=1S/C21H31ClN4O3/c1-29-14-2-9-23-20(27)16-5-12-26(13-6-16)21(28)17-7-10-25(11-8-17)19-4-3-18(22)15-24-19/h3-4,15-17H,2,5-14H2,1H3,(H,23,27). The molecule has 2 fully saturated rings. The Balaban J connectivity index is 1.40. The number of nitrogens with zero attached hydrogens (tertiary/aromatic N) is 3. The van der Waals surface area contributed by atoms with Crippen molar-refractivity contribution < 1.29 is 14.3 Å². The third-order valence-corrected chi connectivity index (χ3v) is 6.11. The van der Waals surface area contributed by atoms with Gasteiger partial charge in [0, 0.05) is 64.5 Å². The van der Waals surface area contributed by atoms with E-state index in [0.717, 1.165) is 51.0 Å². The molecule has 8 heteroatoms. The third-order valence-electron chi connectivity index (χ3n) is 5.88. The van der Waals surface area contributed by atoms with Crippen molar-refractivity contribution in [3.63, 3.8) is 0 Å². The fraction of sp³-hybridized carbons (Fsp3) is 0.667. The van der Waals surface area contributed by atoms with E-state index in [-0.39, 0.29) is 23.7 Å². The van der Waals surface area contributed by atoms with Gasteiger partial charge in [-0.15, -0.1) is 0 Å². The van der Waals surface area contributed by atoms with Crippen LogP contribution in [0.15, 0.2) is 18.3 Å². The van der Waals surface area contributed by atoms with Gasteiger partial charge in [-0.1, -0.05) is 11.6 Å². The summed E-state index contributed by atoms with van der Waals surface area (Å²) in [6.07, 6.45) is 5.65. The Kier molecular flexibility index (Phi) is 8.12. The highest BCUT2D eigenvalue weighted by atomic mass is 35.5. The number of hydrogen-bond acceptors (Lipinski definition) is 5. The van der Waals surface area contributed by atoms with E-state index in [1.54, 1.807) is 13.3 Å². The molecule has 0 aliphatic carbocycles. The second kappa shape index (κ2) is 10.8. The number of aromatic nitrogens is 1. The first-order valence-electron chi connectivity index (χ1n) is 10.5. The summed E-state index contributed by atoms with van der Waals surface area (Å²) in [6.45, 7) is 4.30. The number of likely N-dealkylation sites (tertiary alicyclic amines) is 1. The second-order valence-corrected chi connectivity index (χ2v) is 8.27. The van der Waals surface area contributed by atoms with Gasteiger partial charge in [0.2, 0.25) is 11.8 Å². The van der Waals surface area contributed by atoms with E-state index in [9.17, 15) is 9.59 Å². The summed E-state index contributed by atoms with van der Waals surface area (Å²) >= 11 is 5.91. The molecule has 0 unspecified atom stereocenters. The zero-order valence-electron chi connectivity index (χ0n) is 17.1. The Hall–Kier alpha value is -1.86. The molecule has 160 valence electrons. The Morgan fingerprint density at radius 2 is 1.83 bits per heavy atom. The maximum Gasteiger partial charge on any atom is 0.225 e. The minimum atomic E-state index is 0.0134. The number of carbonyl (C=O) groups excluding carboxylic acids is 2. The van der Waals surface area contributed by atoms with Gasteiger partial charge < -0.3 is 19.9 Å². The van der Waals surface area contributed by atoms with Crippen LogP contribution in [0, 0.1) is 11.8 Å². The highest BCUT2D eigenvalue weighted by Crippen LogP contribution is 2.26. The van der Waals surface area contributed by atoms with Gasteiger partial charge >= 0.3 is 0 Å². The fourth-order valence-corrected chi connectivity index (χ4v) is 4.22. The summed E-state index contributed by atoms with van der Waals surface area (Å²) in [7, 11) is 1.66. The van der Waals surface area contributed by atoms with Crippen LogP contribution >= 0.6 is 11.6 Å². The topological polar surface area (TPSA) is 74.8 Å². The molecule has 0 atom stereocenters. The van der Waals surface area contributed by atoms with Gasteiger partial charge in [0.05, 0.1) is 5.02 Å². The second-order valence-electron chi connectivity index (χ2n) is 7.83. The number of carbonyl (C=O) groups is 2. The number of rotatable bonds is 7. The summed E-state index contributed by atoms with van der Waals surface area (Å²) in [5.74, 6) is 1.35. The van der Waals surface area contributed by atoms with Crippen molar-refractivity contribution in [1.29, 1.82) is 0 Å². The Morgan fingerprint density at radius 3 is 2.45 bits per heavy atom. The molecule has 2 aliphatic rings. The van der Waals surface area contributed by atoms with Crippen molar-refractivity contribution in [2.75, 3.05) is 51.3 Å². The van der Waals surface area contributed by atoms with Crippen LogP contribution in [0.1, 0.15) is 32.1 Å². The van der Waals surface area contributed by atoms with Gasteiger partial charge in [0.15, 0.2) is 0 Å². The molecule has 0 aromatic carbocycles. The molecule has 7 nitrogen and oxygen atoms in total. The van der Waals surface area contributed by atoms with Gasteiger partial charge in [-0.3, -0.25) is 9.59 Å². The van der Waals surface area contributed by atoms with Gasteiger partial charge in [-0.05, 0) is 44.2 Å². The number of nitrogens with one attached hydrogen (secondary N) is 1. The minimum absolute atomic E-state index is 0.0134. The zero-order valence-corrected chi connectivity index (χ0v) is 17.9. The predicted molar refractivity (Wildman–Crippen MR) is 113 cm³/mol. The number of pyridine rings is 1. The quantitative estimate of drug-likeness (QED) is 0.682. The lowest BCUT2D eigenvalue weighted by atomic mass is 9.91. The highest BCUT2D eigenvalue weighted by Gasteiger charge is 2.32. The van der Waals surface area contributed by atoms with Crippen molar-refractivity contribution in [3.8, 4) is 0 Å². The third kappa shape index (κ3) is 6.06. The van der Waals surface area contributed by atoms with E-state index in [4.69, 9.17) is 16.3 Å². The molecule has 0 spiro atoms. The minimum Gasteiger partial charge on any atom is -0.385 e. The molecule has 0 radical (unpaired) electrons. The van der Waals surface area contributed by atoms with Crippen LogP contribution < -0.4 is 10.2 Å². The molecule has 0 bridgehead atoms. The molecule has 29 heavy (non-hydrogen) atoms. The lowest BCUT2D eigenvalue weighted by Gasteiger charge is -2.37. The number of piperidine rings is 2. The number of hydrogen-bond donors (Lipinski definition) is 1. The molecule has 1 aromatic rings. The summed E-state index contributed by atoms with van der Waals surface area (Å²) in [6, 6.07) is 3.77. The SMILES string of the molecule is COCCCNC(=O)C1CCN(C(=O)C2CCN(c3ccc(Cl)cn3)CC2)CC1. The van der Waals surface area contributed by atoms with Gasteiger partial charge in [0.25, 0.3) is 0 Å². The van der Waals surface area contributed by atoms with Crippen molar-refractivity contribution in [1.82, 2.24) is 15.2 Å². The summed E-state index contributed by atoms with van der Waals surface area (Å²) in [5.41, 5.74) is 0. The van der Waals surface area contributed by atoms with Gasteiger partial charge in [-0.25, -0.2) is 4.98 Å². The molecular weight excluding hydrogens is 392 g/mol. The van der Waals surface area contributed by atoms with Crippen LogP contribution in [0.25, 0.3) is 0 Å². The van der Waals surface area contributed by atoms with Crippen molar-refractivity contribution in [2.24, 2.45) is 11.8 Å². The molecule has 1 N–H and O–H groups in total. The lowest BCUT2D eigenvalue weighted by Crippen LogP contribution is -2.47. The summed E-state index contributed by atoms with van der Waals surface area (Å²) < 4.78 is 5.00. The first-order chi connectivity index (χ1) is 14.1. The fourth-order valence-electron chi connectivity index (χ4n) is 4.10. The summed E-state index contributed by atoms with van der Waals surface area (Å²) in [5, 5.41) is 3.61. The van der Waals surface area contributed by atoms with Crippen molar-refractivity contribution >= 4 is 29.2 Å². The van der Waals surface area contributed by atoms with E-state index >= 15 is 0 Å². The van der Waals surface area contributed by atoms with E-state index in [2.05, 4.69) is 15.2 Å². The number of methoxy groups -OCH3 is 1. The number of amides is 2. The van der Waals surface area contributed by atoms with Crippen LogP contribution in [-0.4, -0.2) is 68.1 Å². The molecule has 3 rings (SSSR count). The summed E-state index contributed by atoms with van der Waals surface area (Å²) in [4.78, 5) is 33.7. The molecule has 2 saturated heterocycles. The van der Waals surface area contributed by atoms with E-state index in [1.165, 1.54) is 0 Å². The van der Waals surface area contributed by atoms with E-state index in [0.29, 0.717) is 31.3 Å². The van der Waals surface area contributed by atoms with Gasteiger partial charge in [-0.2, -0.15) is 0 Å². The first kappa shape index (κ1) is 21.8. The van der Waals surface area contributed by atoms with Crippen LogP contribution in [0.2, 0.25) is 5.02 Å². The Morgan fingerprint density at radius 1 is 1.14 bits per heavy atom. The molecular formula is C21H31ClN4O3. The largest absolute Gasteiger partial charge is 0.385 e. The Labute approximate surface area is 177 Å². The molecule has 1 aromatic heterocycles. The maximum absolute atomic E-state index is 12.9. The highest BCUT2D eigenvalue weighted by molar-refractivity contribution is 6.30. The van der Waals surface area contributed by atoms with Crippen LogP contribution in [0.4, 0.5) is 5.82 Å². The Bertz CT molecular complexity index is 669. The van der Waals surface area contributed by atoms with Crippen molar-refractivity contribution in [2.45, 2.75) is 32.1 Å². The van der Waals surface area contributed by atoms with Gasteiger partial charge in [0.1, 0.15) is 5.82 Å². The van der Waals surface area contributed by atoms with Crippen LogP contribution in [0.3, 0.4) is 0 Å². The number of halogens is 1. The van der Waals surface area contributed by atoms with Crippen LogP contribution in [-0.2, 0) is 14.3 Å². The predicted octanol–water partition coefficient (Wildman–Crippen LogP) is 2.34. The maximum atomic E-state index is 12.9. The van der Waals surface area contributed by atoms with Crippen LogP contribution in [0.5, 0.6) is 0 Å². The normalized spacial score (nSPS) is 18.7. The average Bonchev–Trinajstić information content (AvgIpc) is 2.77. The molecule has 0 saturated carbocycles. The number of anilines is 1. The monoisotopic (exact) mass is 422 g/mol.